The van der Waals surface area contributed by atoms with Crippen molar-refractivity contribution in [3.05, 3.63) is 16.6 Å². The van der Waals surface area contributed by atoms with Crippen LogP contribution in [-0.4, -0.2) is 46.8 Å². The van der Waals surface area contributed by atoms with E-state index in [0.29, 0.717) is 6.04 Å². The molecule has 0 saturated carbocycles. The van der Waals surface area contributed by atoms with Crippen molar-refractivity contribution in [2.45, 2.75) is 71.1 Å². The summed E-state index contributed by atoms with van der Waals surface area (Å²) in [5.74, 6) is 0. The average molecular weight is 340 g/mol. The van der Waals surface area contributed by atoms with E-state index >= 15 is 0 Å². The molecule has 1 aromatic heterocycles. The number of ether oxygens (including phenoxy) is 1. The SMILES string of the molecule is CC(CC1CCCN1C(=O)OC(C)(C)C)NCCc1nccs1. The van der Waals surface area contributed by atoms with Crippen molar-refractivity contribution >= 4 is 17.4 Å². The normalized spacial score (nSPS) is 19.8. The van der Waals surface area contributed by atoms with Crippen LogP contribution in [0.1, 0.15) is 52.0 Å². The number of nitrogens with one attached hydrogen (secondary N) is 1. The fraction of sp³-hybridized carbons (Fsp3) is 0.765. The van der Waals surface area contributed by atoms with E-state index < -0.39 is 5.60 Å². The summed E-state index contributed by atoms with van der Waals surface area (Å²) < 4.78 is 5.52. The van der Waals surface area contributed by atoms with Crippen LogP contribution < -0.4 is 5.32 Å². The first-order chi connectivity index (χ1) is 10.8. The number of carbonyl (C=O) groups is 1. The Morgan fingerprint density at radius 2 is 2.35 bits per heavy atom. The van der Waals surface area contributed by atoms with E-state index in [9.17, 15) is 4.79 Å². The van der Waals surface area contributed by atoms with Crippen molar-refractivity contribution in [2.24, 2.45) is 0 Å². The van der Waals surface area contributed by atoms with Crippen LogP contribution in [0.25, 0.3) is 0 Å². The van der Waals surface area contributed by atoms with Gasteiger partial charge in [0.05, 0.1) is 5.01 Å². The summed E-state index contributed by atoms with van der Waals surface area (Å²) in [6.07, 6.45) is 5.74. The first-order valence-corrected chi connectivity index (χ1v) is 9.34. The lowest BCUT2D eigenvalue weighted by Crippen LogP contribution is -2.42. The molecule has 1 fully saturated rings. The van der Waals surface area contributed by atoms with Crippen molar-refractivity contribution in [1.29, 1.82) is 0 Å². The predicted molar refractivity (Wildman–Crippen MR) is 93.9 cm³/mol. The van der Waals surface area contributed by atoms with Crippen LogP contribution in [-0.2, 0) is 11.2 Å². The van der Waals surface area contributed by atoms with Gasteiger partial charge in [0.2, 0.25) is 0 Å². The van der Waals surface area contributed by atoms with Crippen molar-refractivity contribution in [2.75, 3.05) is 13.1 Å². The van der Waals surface area contributed by atoms with E-state index in [-0.39, 0.29) is 12.1 Å². The number of aromatic nitrogens is 1. The second kappa shape index (κ2) is 8.11. The summed E-state index contributed by atoms with van der Waals surface area (Å²) in [4.78, 5) is 18.5. The van der Waals surface area contributed by atoms with Crippen LogP contribution in [0.2, 0.25) is 0 Å². The quantitative estimate of drug-likeness (QED) is 0.862. The molecule has 1 aliphatic heterocycles. The molecule has 130 valence electrons. The zero-order valence-corrected chi connectivity index (χ0v) is 15.5. The fourth-order valence-corrected chi connectivity index (χ4v) is 3.56. The van der Waals surface area contributed by atoms with Gasteiger partial charge in [-0.1, -0.05) is 0 Å². The number of thiazole rings is 1. The third-order valence-electron chi connectivity index (χ3n) is 3.95. The lowest BCUT2D eigenvalue weighted by Gasteiger charge is -2.30. The maximum Gasteiger partial charge on any atom is 0.410 e. The van der Waals surface area contributed by atoms with Crippen molar-refractivity contribution in [1.82, 2.24) is 15.2 Å². The molecule has 0 radical (unpaired) electrons. The third-order valence-corrected chi connectivity index (χ3v) is 4.79. The van der Waals surface area contributed by atoms with Crippen LogP contribution in [0.4, 0.5) is 4.79 Å². The molecular formula is C17H29N3O2S. The number of hydrogen-bond acceptors (Lipinski definition) is 5. The first kappa shape index (κ1) is 18.2. The molecule has 0 bridgehead atoms. The predicted octanol–water partition coefficient (Wildman–Crippen LogP) is 3.45. The summed E-state index contributed by atoms with van der Waals surface area (Å²) in [7, 11) is 0. The molecule has 2 rings (SSSR count). The average Bonchev–Trinajstić information content (AvgIpc) is 3.07. The van der Waals surface area contributed by atoms with Crippen LogP contribution in [0.3, 0.4) is 0 Å². The number of amides is 1. The van der Waals surface area contributed by atoms with Gasteiger partial charge in [-0.3, -0.25) is 0 Å². The highest BCUT2D eigenvalue weighted by Crippen LogP contribution is 2.24. The van der Waals surface area contributed by atoms with Crippen molar-refractivity contribution < 1.29 is 9.53 Å². The van der Waals surface area contributed by atoms with Gasteiger partial charge in [0.25, 0.3) is 0 Å². The number of hydrogen-bond donors (Lipinski definition) is 1. The summed E-state index contributed by atoms with van der Waals surface area (Å²) in [5.41, 5.74) is -0.429. The van der Waals surface area contributed by atoms with Crippen LogP contribution in [0.5, 0.6) is 0 Å². The Bertz CT molecular complexity index is 485. The van der Waals surface area contributed by atoms with E-state index in [1.165, 1.54) is 5.01 Å². The molecule has 1 saturated heterocycles. The highest BCUT2D eigenvalue weighted by molar-refractivity contribution is 7.09. The van der Waals surface area contributed by atoms with Gasteiger partial charge < -0.3 is 15.0 Å². The molecule has 2 atom stereocenters. The first-order valence-electron chi connectivity index (χ1n) is 8.46. The van der Waals surface area contributed by atoms with E-state index in [2.05, 4.69) is 17.2 Å². The van der Waals surface area contributed by atoms with Gasteiger partial charge in [-0.2, -0.15) is 0 Å². The largest absolute Gasteiger partial charge is 0.444 e. The topological polar surface area (TPSA) is 54.5 Å². The smallest absolute Gasteiger partial charge is 0.410 e. The second-order valence-electron chi connectivity index (χ2n) is 7.24. The van der Waals surface area contributed by atoms with Crippen LogP contribution in [0.15, 0.2) is 11.6 Å². The molecule has 23 heavy (non-hydrogen) atoms. The molecular weight excluding hydrogens is 310 g/mol. The Kier molecular flexibility index (Phi) is 6.41. The van der Waals surface area contributed by atoms with Gasteiger partial charge >= 0.3 is 6.09 Å². The van der Waals surface area contributed by atoms with E-state index in [1.807, 2.05) is 37.2 Å². The van der Waals surface area contributed by atoms with Crippen molar-refractivity contribution in [3.8, 4) is 0 Å². The van der Waals surface area contributed by atoms with E-state index in [4.69, 9.17) is 4.74 Å². The molecule has 0 spiro atoms. The maximum atomic E-state index is 12.3. The fourth-order valence-electron chi connectivity index (χ4n) is 2.94. The van der Waals surface area contributed by atoms with Gasteiger partial charge in [0.15, 0.2) is 0 Å². The molecule has 1 N–H and O–H groups in total. The van der Waals surface area contributed by atoms with Crippen LogP contribution in [0, 0.1) is 0 Å². The molecule has 6 heteroatoms. The Hall–Kier alpha value is -1.14. The van der Waals surface area contributed by atoms with Gasteiger partial charge in [0.1, 0.15) is 5.60 Å². The monoisotopic (exact) mass is 339 g/mol. The molecule has 2 unspecified atom stereocenters. The standard InChI is InChI=1S/C17H29N3O2S/c1-13(18-8-7-15-19-9-11-23-15)12-14-6-5-10-20(14)16(21)22-17(2,3)4/h9,11,13-14,18H,5-8,10,12H2,1-4H3. The lowest BCUT2D eigenvalue weighted by atomic mass is 10.1. The highest BCUT2D eigenvalue weighted by atomic mass is 32.1. The summed E-state index contributed by atoms with van der Waals surface area (Å²) in [6, 6.07) is 0.662. The number of likely N-dealkylation sites (tertiary alicyclic amines) is 1. The summed E-state index contributed by atoms with van der Waals surface area (Å²) in [6.45, 7) is 9.67. The second-order valence-corrected chi connectivity index (χ2v) is 8.22. The zero-order valence-electron chi connectivity index (χ0n) is 14.7. The van der Waals surface area contributed by atoms with Gasteiger partial charge in [0, 0.05) is 43.2 Å². The third kappa shape index (κ3) is 6.11. The Morgan fingerprint density at radius 3 is 3.00 bits per heavy atom. The van der Waals surface area contributed by atoms with E-state index in [0.717, 1.165) is 38.8 Å². The van der Waals surface area contributed by atoms with Crippen LogP contribution >= 0.6 is 11.3 Å². The number of nitrogens with zero attached hydrogens (tertiary/aromatic N) is 2. The van der Waals surface area contributed by atoms with Gasteiger partial charge in [-0.25, -0.2) is 9.78 Å². The Morgan fingerprint density at radius 1 is 1.57 bits per heavy atom. The molecule has 5 nitrogen and oxygen atoms in total. The van der Waals surface area contributed by atoms with E-state index in [1.54, 1.807) is 11.3 Å². The molecule has 2 heterocycles. The minimum absolute atomic E-state index is 0.171. The number of rotatable bonds is 6. The summed E-state index contributed by atoms with van der Waals surface area (Å²) >= 11 is 1.70. The Labute approximate surface area is 143 Å². The highest BCUT2D eigenvalue weighted by Gasteiger charge is 2.32. The lowest BCUT2D eigenvalue weighted by molar-refractivity contribution is 0.0215. The molecule has 1 aliphatic rings. The summed E-state index contributed by atoms with van der Waals surface area (Å²) in [5, 5.41) is 6.72. The minimum atomic E-state index is -0.429. The molecule has 0 aliphatic carbocycles. The van der Waals surface area contributed by atoms with Gasteiger partial charge in [-0.15, -0.1) is 11.3 Å². The van der Waals surface area contributed by atoms with Crippen molar-refractivity contribution in [3.63, 3.8) is 0 Å². The van der Waals surface area contributed by atoms with Gasteiger partial charge in [-0.05, 0) is 47.0 Å². The zero-order chi connectivity index (χ0) is 16.9. The molecule has 1 aromatic rings. The minimum Gasteiger partial charge on any atom is -0.444 e. The molecule has 0 aromatic carbocycles. The maximum absolute atomic E-state index is 12.3. The molecule has 1 amide bonds. The number of carbonyl (C=O) groups excluding carboxylic acids is 1. The Balaban J connectivity index is 1.75.